The summed E-state index contributed by atoms with van der Waals surface area (Å²) in [4.78, 5) is 4.29. The average Bonchev–Trinajstić information content (AvgIpc) is 2.17. The molecule has 1 fully saturated rings. The van der Waals surface area contributed by atoms with Gasteiger partial charge >= 0.3 is 0 Å². The average molecular weight is 270 g/mol. The van der Waals surface area contributed by atoms with E-state index in [-0.39, 0.29) is 5.54 Å². The third-order valence-electron chi connectivity index (χ3n) is 3.02. The van der Waals surface area contributed by atoms with Crippen LogP contribution in [0.1, 0.15) is 24.8 Å². The van der Waals surface area contributed by atoms with Crippen molar-refractivity contribution in [1.29, 1.82) is 0 Å². The van der Waals surface area contributed by atoms with Crippen LogP contribution in [0.4, 0.5) is 5.82 Å². The van der Waals surface area contributed by atoms with Gasteiger partial charge in [0.15, 0.2) is 0 Å². The summed E-state index contributed by atoms with van der Waals surface area (Å²) in [5, 5.41) is 3.30. The highest BCUT2D eigenvalue weighted by atomic mass is 79.9. The van der Waals surface area contributed by atoms with Gasteiger partial charge in [0.2, 0.25) is 0 Å². The smallest absolute Gasteiger partial charge is 0.126 e. The van der Waals surface area contributed by atoms with Crippen LogP contribution in [0.15, 0.2) is 16.7 Å². The van der Waals surface area contributed by atoms with Gasteiger partial charge in [0.1, 0.15) is 5.82 Å². The maximum atomic E-state index is 6.12. The van der Waals surface area contributed by atoms with Gasteiger partial charge in [-0.15, -0.1) is 0 Å². The van der Waals surface area contributed by atoms with Crippen molar-refractivity contribution in [1.82, 2.24) is 4.98 Å². The van der Waals surface area contributed by atoms with Crippen molar-refractivity contribution >= 4 is 21.7 Å². The topological polar surface area (TPSA) is 50.9 Å². The van der Waals surface area contributed by atoms with E-state index in [2.05, 4.69) is 33.2 Å². The number of anilines is 1. The zero-order chi connectivity index (χ0) is 10.9. The molecule has 0 spiro atoms. The molecule has 0 radical (unpaired) electrons. The molecule has 0 aromatic carbocycles. The summed E-state index contributed by atoms with van der Waals surface area (Å²) in [7, 11) is 0. The Kier molecular flexibility index (Phi) is 2.98. The van der Waals surface area contributed by atoms with E-state index in [4.69, 9.17) is 5.73 Å². The first-order chi connectivity index (χ1) is 7.09. The number of rotatable bonds is 3. The van der Waals surface area contributed by atoms with Crippen LogP contribution in [0.3, 0.4) is 0 Å². The predicted octanol–water partition coefficient (Wildman–Crippen LogP) is 2.45. The lowest BCUT2D eigenvalue weighted by atomic mass is 9.78. The number of nitrogens with one attached hydrogen (secondary N) is 1. The highest BCUT2D eigenvalue weighted by molar-refractivity contribution is 9.10. The Balaban J connectivity index is 1.96. The lowest BCUT2D eigenvalue weighted by molar-refractivity contribution is 0.265. The van der Waals surface area contributed by atoms with E-state index in [1.54, 1.807) is 0 Å². The number of hydrogen-bond acceptors (Lipinski definition) is 3. The van der Waals surface area contributed by atoms with Crippen molar-refractivity contribution in [3.63, 3.8) is 0 Å². The summed E-state index contributed by atoms with van der Waals surface area (Å²) < 4.78 is 1.04. The minimum atomic E-state index is 0.00264. The largest absolute Gasteiger partial charge is 0.368 e. The Morgan fingerprint density at radius 2 is 2.33 bits per heavy atom. The Morgan fingerprint density at radius 1 is 1.60 bits per heavy atom. The van der Waals surface area contributed by atoms with Gasteiger partial charge in [-0.25, -0.2) is 4.98 Å². The second kappa shape index (κ2) is 4.10. The van der Waals surface area contributed by atoms with Crippen LogP contribution in [-0.2, 0) is 0 Å². The number of hydrogen-bond donors (Lipinski definition) is 2. The molecule has 1 saturated carbocycles. The maximum Gasteiger partial charge on any atom is 0.126 e. The van der Waals surface area contributed by atoms with Gasteiger partial charge < -0.3 is 11.1 Å². The summed E-state index contributed by atoms with van der Waals surface area (Å²) in [5.74, 6) is 0.910. The molecule has 1 heterocycles. The number of nitrogens with zero attached hydrogens (tertiary/aromatic N) is 1. The third-order valence-corrected chi connectivity index (χ3v) is 3.85. The van der Waals surface area contributed by atoms with Crippen molar-refractivity contribution < 1.29 is 0 Å². The first-order valence-electron chi connectivity index (χ1n) is 5.24. The Bertz CT molecular complexity index is 361. The molecule has 1 aromatic rings. The van der Waals surface area contributed by atoms with Crippen LogP contribution in [-0.4, -0.2) is 17.1 Å². The fourth-order valence-electron chi connectivity index (χ4n) is 1.71. The molecule has 2 rings (SSSR count). The van der Waals surface area contributed by atoms with Gasteiger partial charge in [0.05, 0.1) is 0 Å². The fraction of sp³-hybridized carbons (Fsp3) is 0.545. The molecule has 4 heteroatoms. The summed E-state index contributed by atoms with van der Waals surface area (Å²) in [5.41, 5.74) is 7.31. The van der Waals surface area contributed by atoms with Crippen LogP contribution in [0, 0.1) is 6.92 Å². The second-order valence-electron chi connectivity index (χ2n) is 4.39. The number of aromatic nitrogens is 1. The number of halogens is 1. The van der Waals surface area contributed by atoms with Gasteiger partial charge in [-0.2, -0.15) is 0 Å². The molecule has 3 N–H and O–H groups in total. The molecule has 82 valence electrons. The van der Waals surface area contributed by atoms with E-state index in [1.807, 2.05) is 12.3 Å². The van der Waals surface area contributed by atoms with E-state index < -0.39 is 0 Å². The maximum absolute atomic E-state index is 6.12. The molecule has 0 saturated heterocycles. The van der Waals surface area contributed by atoms with Gasteiger partial charge in [-0.3, -0.25) is 0 Å². The zero-order valence-corrected chi connectivity index (χ0v) is 10.5. The van der Waals surface area contributed by atoms with Crippen molar-refractivity contribution in [2.24, 2.45) is 5.73 Å². The molecule has 0 atom stereocenters. The van der Waals surface area contributed by atoms with E-state index >= 15 is 0 Å². The molecule has 3 nitrogen and oxygen atoms in total. The first-order valence-corrected chi connectivity index (χ1v) is 6.03. The van der Waals surface area contributed by atoms with Crippen LogP contribution in [0.25, 0.3) is 0 Å². The zero-order valence-electron chi connectivity index (χ0n) is 8.89. The molecule has 0 aliphatic heterocycles. The van der Waals surface area contributed by atoms with Crippen molar-refractivity contribution in [3.8, 4) is 0 Å². The van der Waals surface area contributed by atoms with Crippen LogP contribution >= 0.6 is 15.9 Å². The summed E-state index contributed by atoms with van der Waals surface area (Å²) in [6.07, 6.45) is 5.32. The lowest BCUT2D eigenvalue weighted by Gasteiger charge is -2.38. The molecular weight excluding hydrogens is 254 g/mol. The van der Waals surface area contributed by atoms with Crippen molar-refractivity contribution in [2.75, 3.05) is 11.9 Å². The summed E-state index contributed by atoms with van der Waals surface area (Å²) in [6.45, 7) is 2.87. The molecule has 1 aromatic heterocycles. The van der Waals surface area contributed by atoms with Gasteiger partial charge in [-0.05, 0) is 53.7 Å². The minimum absolute atomic E-state index is 0.00264. The first kappa shape index (κ1) is 10.9. The summed E-state index contributed by atoms with van der Waals surface area (Å²) in [6, 6.07) is 2.03. The Hall–Kier alpha value is -0.610. The summed E-state index contributed by atoms with van der Waals surface area (Å²) >= 11 is 3.43. The molecule has 0 unspecified atom stereocenters. The highest BCUT2D eigenvalue weighted by Gasteiger charge is 2.32. The number of pyridine rings is 1. The van der Waals surface area contributed by atoms with Crippen molar-refractivity contribution in [2.45, 2.75) is 31.7 Å². The lowest BCUT2D eigenvalue weighted by Crippen LogP contribution is -2.52. The quantitative estimate of drug-likeness (QED) is 0.887. The fourth-order valence-corrected chi connectivity index (χ4v) is 1.93. The van der Waals surface area contributed by atoms with Crippen molar-refractivity contribution in [3.05, 3.63) is 22.3 Å². The standard InChI is InChI=1S/C11H16BrN3/c1-8-5-10(14-6-9(8)12)15-7-11(13)3-2-4-11/h5-6H,2-4,7,13H2,1H3,(H,14,15). The predicted molar refractivity (Wildman–Crippen MR) is 65.9 cm³/mol. The van der Waals surface area contributed by atoms with E-state index in [0.29, 0.717) is 0 Å². The van der Waals surface area contributed by atoms with Crippen LogP contribution in [0.5, 0.6) is 0 Å². The molecule has 15 heavy (non-hydrogen) atoms. The molecule has 0 amide bonds. The van der Waals surface area contributed by atoms with Gasteiger partial charge in [0.25, 0.3) is 0 Å². The molecule has 1 aliphatic carbocycles. The molecular formula is C11H16BrN3. The molecule has 0 bridgehead atoms. The monoisotopic (exact) mass is 269 g/mol. The van der Waals surface area contributed by atoms with E-state index in [9.17, 15) is 0 Å². The third kappa shape index (κ3) is 2.49. The number of aryl methyl sites for hydroxylation is 1. The van der Waals surface area contributed by atoms with E-state index in [0.717, 1.165) is 29.7 Å². The van der Waals surface area contributed by atoms with Crippen LogP contribution in [0.2, 0.25) is 0 Å². The second-order valence-corrected chi connectivity index (χ2v) is 5.24. The van der Waals surface area contributed by atoms with Gasteiger partial charge in [0, 0.05) is 22.8 Å². The molecule has 1 aliphatic rings. The van der Waals surface area contributed by atoms with Crippen LogP contribution < -0.4 is 11.1 Å². The highest BCUT2D eigenvalue weighted by Crippen LogP contribution is 2.29. The SMILES string of the molecule is Cc1cc(NCC2(N)CCC2)ncc1Br. The normalized spacial score (nSPS) is 18.3. The van der Waals surface area contributed by atoms with E-state index in [1.165, 1.54) is 12.0 Å². The Labute approximate surface area is 98.6 Å². The Morgan fingerprint density at radius 3 is 2.87 bits per heavy atom. The minimum Gasteiger partial charge on any atom is -0.368 e. The number of nitrogens with two attached hydrogens (primary N) is 1. The van der Waals surface area contributed by atoms with Gasteiger partial charge in [-0.1, -0.05) is 0 Å².